The van der Waals surface area contributed by atoms with Gasteiger partial charge >= 0.3 is 0 Å². The van der Waals surface area contributed by atoms with Crippen molar-refractivity contribution >= 4 is 0 Å². The van der Waals surface area contributed by atoms with Gasteiger partial charge in [-0.3, -0.25) is 0 Å². The monoisotopic (exact) mass is 196 g/mol. The van der Waals surface area contributed by atoms with Crippen molar-refractivity contribution in [2.45, 2.75) is 38.3 Å². The SMILES string of the molecule is NC1CCn2c(CCCO)nnc2C1. The molecule has 0 aromatic carbocycles. The second-order valence-electron chi connectivity index (χ2n) is 3.76. The van der Waals surface area contributed by atoms with Crippen molar-refractivity contribution in [3.63, 3.8) is 0 Å². The number of nitrogens with two attached hydrogens (primary N) is 1. The molecule has 1 aliphatic heterocycles. The molecule has 0 aliphatic carbocycles. The van der Waals surface area contributed by atoms with Gasteiger partial charge in [0, 0.05) is 32.0 Å². The maximum Gasteiger partial charge on any atom is 0.134 e. The van der Waals surface area contributed by atoms with Gasteiger partial charge < -0.3 is 15.4 Å². The zero-order valence-electron chi connectivity index (χ0n) is 8.19. The van der Waals surface area contributed by atoms with E-state index in [0.717, 1.165) is 43.9 Å². The molecule has 2 heterocycles. The molecular formula is C9H16N4O. The first-order chi connectivity index (χ1) is 6.81. The van der Waals surface area contributed by atoms with Crippen LogP contribution in [0.15, 0.2) is 0 Å². The Hall–Kier alpha value is -0.940. The lowest BCUT2D eigenvalue weighted by atomic mass is 10.1. The average Bonchev–Trinajstić information content (AvgIpc) is 2.57. The number of aliphatic hydroxyl groups is 1. The lowest BCUT2D eigenvalue weighted by Gasteiger charge is -2.20. The molecule has 5 nitrogen and oxygen atoms in total. The first-order valence-electron chi connectivity index (χ1n) is 5.08. The Labute approximate surface area is 82.9 Å². The highest BCUT2D eigenvalue weighted by molar-refractivity contribution is 5.01. The Balaban J connectivity index is 2.12. The Morgan fingerprint density at radius 2 is 2.36 bits per heavy atom. The lowest BCUT2D eigenvalue weighted by Crippen LogP contribution is -2.31. The van der Waals surface area contributed by atoms with Crippen molar-refractivity contribution in [2.24, 2.45) is 5.73 Å². The Kier molecular flexibility index (Phi) is 2.79. The third-order valence-corrected chi connectivity index (χ3v) is 2.63. The van der Waals surface area contributed by atoms with Crippen LogP contribution >= 0.6 is 0 Å². The maximum absolute atomic E-state index is 8.73. The summed E-state index contributed by atoms with van der Waals surface area (Å²) in [5.74, 6) is 1.98. The van der Waals surface area contributed by atoms with E-state index < -0.39 is 0 Å². The number of aromatic nitrogens is 3. The maximum atomic E-state index is 8.73. The second kappa shape index (κ2) is 4.06. The minimum absolute atomic E-state index is 0.210. The fourth-order valence-corrected chi connectivity index (χ4v) is 1.84. The van der Waals surface area contributed by atoms with Crippen LogP contribution in [0.1, 0.15) is 24.5 Å². The molecule has 0 amide bonds. The minimum Gasteiger partial charge on any atom is -0.396 e. The van der Waals surface area contributed by atoms with Gasteiger partial charge in [0.05, 0.1) is 0 Å². The lowest BCUT2D eigenvalue weighted by molar-refractivity contribution is 0.286. The number of hydrogen-bond acceptors (Lipinski definition) is 4. The quantitative estimate of drug-likeness (QED) is 0.681. The molecule has 0 radical (unpaired) electrons. The predicted octanol–water partition coefficient (Wildman–Crippen LogP) is -0.524. The topological polar surface area (TPSA) is 77.0 Å². The molecule has 0 bridgehead atoms. The largest absolute Gasteiger partial charge is 0.396 e. The van der Waals surface area contributed by atoms with Gasteiger partial charge in [0.2, 0.25) is 0 Å². The number of fused-ring (bicyclic) bond motifs is 1. The molecule has 0 saturated heterocycles. The van der Waals surface area contributed by atoms with E-state index in [2.05, 4.69) is 14.8 Å². The van der Waals surface area contributed by atoms with Crippen molar-refractivity contribution in [1.29, 1.82) is 0 Å². The van der Waals surface area contributed by atoms with Crippen LogP contribution in [0.4, 0.5) is 0 Å². The molecule has 1 atom stereocenters. The molecule has 0 spiro atoms. The van der Waals surface area contributed by atoms with Crippen molar-refractivity contribution in [2.75, 3.05) is 6.61 Å². The van der Waals surface area contributed by atoms with Crippen LogP contribution in [0, 0.1) is 0 Å². The van der Waals surface area contributed by atoms with Gasteiger partial charge in [-0.2, -0.15) is 0 Å². The summed E-state index contributed by atoms with van der Waals surface area (Å²) in [7, 11) is 0. The zero-order chi connectivity index (χ0) is 9.97. The Morgan fingerprint density at radius 3 is 3.14 bits per heavy atom. The first-order valence-corrected chi connectivity index (χ1v) is 5.08. The average molecular weight is 196 g/mol. The number of nitrogens with zero attached hydrogens (tertiary/aromatic N) is 3. The van der Waals surface area contributed by atoms with E-state index in [1.54, 1.807) is 0 Å². The van der Waals surface area contributed by atoms with Gasteiger partial charge in [-0.25, -0.2) is 0 Å². The highest BCUT2D eigenvalue weighted by atomic mass is 16.2. The van der Waals surface area contributed by atoms with Crippen LogP contribution in [0.25, 0.3) is 0 Å². The number of hydrogen-bond donors (Lipinski definition) is 2. The summed E-state index contributed by atoms with van der Waals surface area (Å²) in [6, 6.07) is 0.234. The van der Waals surface area contributed by atoms with Crippen molar-refractivity contribution in [1.82, 2.24) is 14.8 Å². The second-order valence-corrected chi connectivity index (χ2v) is 3.76. The van der Waals surface area contributed by atoms with Crippen molar-refractivity contribution in [3.8, 4) is 0 Å². The van der Waals surface area contributed by atoms with E-state index in [1.165, 1.54) is 0 Å². The van der Waals surface area contributed by atoms with E-state index >= 15 is 0 Å². The Morgan fingerprint density at radius 1 is 1.50 bits per heavy atom. The first kappa shape index (κ1) is 9.61. The minimum atomic E-state index is 0.210. The molecule has 1 aromatic heterocycles. The van der Waals surface area contributed by atoms with Gasteiger partial charge in [0.15, 0.2) is 0 Å². The standard InChI is InChI=1S/C9H16N4O/c10-7-3-4-13-8(2-1-5-14)11-12-9(13)6-7/h7,14H,1-6,10H2. The molecular weight excluding hydrogens is 180 g/mol. The fraction of sp³-hybridized carbons (Fsp3) is 0.778. The number of aliphatic hydroxyl groups excluding tert-OH is 1. The van der Waals surface area contributed by atoms with E-state index in [4.69, 9.17) is 10.8 Å². The molecule has 78 valence electrons. The molecule has 1 unspecified atom stereocenters. The molecule has 2 rings (SSSR count). The van der Waals surface area contributed by atoms with Crippen LogP contribution < -0.4 is 5.73 Å². The van der Waals surface area contributed by atoms with Crippen LogP contribution in [0.3, 0.4) is 0 Å². The Bertz CT molecular complexity index is 310. The highest BCUT2D eigenvalue weighted by Gasteiger charge is 2.19. The fourth-order valence-electron chi connectivity index (χ4n) is 1.84. The molecule has 1 aromatic rings. The van der Waals surface area contributed by atoms with Gasteiger partial charge in [-0.1, -0.05) is 0 Å². The van der Waals surface area contributed by atoms with Crippen molar-refractivity contribution < 1.29 is 5.11 Å². The van der Waals surface area contributed by atoms with E-state index in [-0.39, 0.29) is 12.6 Å². The van der Waals surface area contributed by atoms with Gasteiger partial charge in [-0.05, 0) is 12.8 Å². The summed E-state index contributed by atoms with van der Waals surface area (Å²) in [6.45, 7) is 1.13. The van der Waals surface area contributed by atoms with Crippen LogP contribution in [0.5, 0.6) is 0 Å². The van der Waals surface area contributed by atoms with E-state index in [1.807, 2.05) is 0 Å². The van der Waals surface area contributed by atoms with Gasteiger partial charge in [0.25, 0.3) is 0 Å². The molecule has 1 aliphatic rings. The smallest absolute Gasteiger partial charge is 0.134 e. The third kappa shape index (κ3) is 1.78. The van der Waals surface area contributed by atoms with Gasteiger partial charge in [-0.15, -0.1) is 10.2 Å². The number of aryl methyl sites for hydroxylation is 1. The molecule has 3 N–H and O–H groups in total. The summed E-state index contributed by atoms with van der Waals surface area (Å²) >= 11 is 0. The van der Waals surface area contributed by atoms with Gasteiger partial charge in [0.1, 0.15) is 11.6 Å². The summed E-state index contributed by atoms with van der Waals surface area (Å²) < 4.78 is 2.14. The number of rotatable bonds is 3. The summed E-state index contributed by atoms with van der Waals surface area (Å²) in [5, 5.41) is 17.0. The molecule has 0 saturated carbocycles. The molecule has 5 heteroatoms. The zero-order valence-corrected chi connectivity index (χ0v) is 8.19. The summed E-state index contributed by atoms with van der Waals surface area (Å²) in [6.07, 6.45) is 3.38. The predicted molar refractivity (Wildman–Crippen MR) is 51.7 cm³/mol. The van der Waals surface area contributed by atoms with Crippen LogP contribution in [-0.2, 0) is 19.4 Å². The summed E-state index contributed by atoms with van der Waals surface area (Å²) in [5.41, 5.74) is 5.84. The van der Waals surface area contributed by atoms with E-state index in [9.17, 15) is 0 Å². The van der Waals surface area contributed by atoms with Crippen LogP contribution in [-0.4, -0.2) is 32.5 Å². The van der Waals surface area contributed by atoms with E-state index in [0.29, 0.717) is 0 Å². The highest BCUT2D eigenvalue weighted by Crippen LogP contribution is 2.14. The molecule has 0 fully saturated rings. The third-order valence-electron chi connectivity index (χ3n) is 2.63. The van der Waals surface area contributed by atoms with Crippen molar-refractivity contribution in [3.05, 3.63) is 11.6 Å². The summed E-state index contributed by atoms with van der Waals surface area (Å²) in [4.78, 5) is 0. The normalized spacial score (nSPS) is 20.9. The molecule has 14 heavy (non-hydrogen) atoms. The van der Waals surface area contributed by atoms with Crippen LogP contribution in [0.2, 0.25) is 0 Å².